The van der Waals surface area contributed by atoms with E-state index >= 15 is 0 Å². The van der Waals surface area contributed by atoms with Crippen molar-refractivity contribution in [3.8, 4) is 17.2 Å². The maximum Gasteiger partial charge on any atom is 0.573 e. The van der Waals surface area contributed by atoms with Crippen LogP contribution >= 0.6 is 0 Å². The number of nitrogens with zero attached hydrogens (tertiary/aromatic N) is 1. The number of nitro benzene ring substituents is 1. The molecule has 0 heterocycles. The Hall–Kier alpha value is -3.64. The number of anilines is 1. The SMILES string of the molecule is COc1cc(C(=O)Nc2ccc(OC(F)(F)F)cc2)c([N+](=O)[O-])cc1OC(F)F. The number of hydrogen-bond donors (Lipinski definition) is 1. The molecule has 156 valence electrons. The molecule has 1 amide bonds. The van der Waals surface area contributed by atoms with Gasteiger partial charge < -0.3 is 19.5 Å². The Labute approximate surface area is 158 Å². The van der Waals surface area contributed by atoms with E-state index in [2.05, 4.69) is 14.8 Å². The zero-order valence-corrected chi connectivity index (χ0v) is 14.3. The fraction of sp³-hybridized carbons (Fsp3) is 0.188. The number of halogens is 5. The van der Waals surface area contributed by atoms with Crippen molar-refractivity contribution in [2.45, 2.75) is 13.0 Å². The van der Waals surface area contributed by atoms with Crippen LogP contribution in [0.15, 0.2) is 36.4 Å². The minimum Gasteiger partial charge on any atom is -0.493 e. The predicted molar refractivity (Wildman–Crippen MR) is 87.4 cm³/mol. The quantitative estimate of drug-likeness (QED) is 0.405. The van der Waals surface area contributed by atoms with E-state index in [4.69, 9.17) is 4.74 Å². The molecule has 0 aromatic heterocycles. The number of benzene rings is 2. The third kappa shape index (κ3) is 5.92. The first-order valence-electron chi connectivity index (χ1n) is 7.48. The number of amides is 1. The van der Waals surface area contributed by atoms with Crippen molar-refractivity contribution in [2.75, 3.05) is 12.4 Å². The van der Waals surface area contributed by atoms with Gasteiger partial charge in [0.1, 0.15) is 11.3 Å². The molecule has 2 aromatic rings. The second-order valence-electron chi connectivity index (χ2n) is 5.18. The average Bonchev–Trinajstić information content (AvgIpc) is 2.61. The highest BCUT2D eigenvalue weighted by Crippen LogP contribution is 2.36. The van der Waals surface area contributed by atoms with Gasteiger partial charge >= 0.3 is 13.0 Å². The van der Waals surface area contributed by atoms with Gasteiger partial charge in [-0.05, 0) is 24.3 Å². The van der Waals surface area contributed by atoms with Crippen molar-refractivity contribution in [1.82, 2.24) is 0 Å². The lowest BCUT2D eigenvalue weighted by molar-refractivity contribution is -0.385. The molecule has 0 spiro atoms. The minimum absolute atomic E-state index is 0.00861. The average molecular weight is 422 g/mol. The number of hydrogen-bond acceptors (Lipinski definition) is 6. The molecule has 0 atom stereocenters. The zero-order valence-electron chi connectivity index (χ0n) is 14.3. The van der Waals surface area contributed by atoms with Gasteiger partial charge in [-0.15, -0.1) is 13.2 Å². The van der Waals surface area contributed by atoms with Crippen LogP contribution in [0.2, 0.25) is 0 Å². The molecule has 13 heteroatoms. The summed E-state index contributed by atoms with van der Waals surface area (Å²) in [6, 6.07) is 5.38. The molecule has 1 N–H and O–H groups in total. The fourth-order valence-electron chi connectivity index (χ4n) is 2.17. The second-order valence-corrected chi connectivity index (χ2v) is 5.18. The molecule has 0 aliphatic carbocycles. The molecule has 0 saturated heterocycles. The largest absolute Gasteiger partial charge is 0.573 e. The number of ether oxygens (including phenoxy) is 3. The Morgan fingerprint density at radius 2 is 1.76 bits per heavy atom. The van der Waals surface area contributed by atoms with Gasteiger partial charge in [0.15, 0.2) is 11.5 Å². The van der Waals surface area contributed by atoms with Crippen molar-refractivity contribution in [2.24, 2.45) is 0 Å². The molecular weight excluding hydrogens is 411 g/mol. The molecular formula is C16H11F5N2O6. The van der Waals surface area contributed by atoms with Crippen LogP contribution in [0.4, 0.5) is 33.3 Å². The minimum atomic E-state index is -4.90. The lowest BCUT2D eigenvalue weighted by atomic mass is 10.1. The van der Waals surface area contributed by atoms with Crippen LogP contribution in [-0.4, -0.2) is 30.9 Å². The summed E-state index contributed by atoms with van der Waals surface area (Å²) in [4.78, 5) is 22.6. The van der Waals surface area contributed by atoms with Crippen molar-refractivity contribution in [3.05, 3.63) is 52.1 Å². The Kier molecular flexibility index (Phi) is 6.41. The first-order chi connectivity index (χ1) is 13.5. The summed E-state index contributed by atoms with van der Waals surface area (Å²) < 4.78 is 74.0. The van der Waals surface area contributed by atoms with Gasteiger partial charge in [0.25, 0.3) is 11.6 Å². The summed E-state index contributed by atoms with van der Waals surface area (Å²) >= 11 is 0. The van der Waals surface area contributed by atoms with E-state index in [0.717, 1.165) is 37.4 Å². The first-order valence-corrected chi connectivity index (χ1v) is 7.48. The number of carbonyl (C=O) groups is 1. The van der Waals surface area contributed by atoms with Crippen molar-refractivity contribution >= 4 is 17.3 Å². The van der Waals surface area contributed by atoms with Gasteiger partial charge in [0.2, 0.25) is 0 Å². The summed E-state index contributed by atoms with van der Waals surface area (Å²) in [5.74, 6) is -2.60. The van der Waals surface area contributed by atoms with Crippen LogP contribution in [0.3, 0.4) is 0 Å². The molecule has 29 heavy (non-hydrogen) atoms. The molecule has 2 rings (SSSR count). The Bertz CT molecular complexity index is 902. The van der Waals surface area contributed by atoms with Crippen LogP contribution < -0.4 is 19.5 Å². The van der Waals surface area contributed by atoms with E-state index in [-0.39, 0.29) is 11.4 Å². The number of carbonyl (C=O) groups excluding carboxylic acids is 1. The van der Waals surface area contributed by atoms with E-state index in [0.29, 0.717) is 6.07 Å². The molecule has 0 bridgehead atoms. The van der Waals surface area contributed by atoms with Gasteiger partial charge in [-0.25, -0.2) is 0 Å². The monoisotopic (exact) mass is 422 g/mol. The highest BCUT2D eigenvalue weighted by atomic mass is 19.4. The van der Waals surface area contributed by atoms with Crippen molar-refractivity contribution in [3.63, 3.8) is 0 Å². The molecule has 0 aliphatic rings. The molecule has 2 aromatic carbocycles. The standard InChI is InChI=1S/C16H11F5N2O6/c1-27-12-6-10(11(23(25)26)7-13(12)28-15(17)18)14(24)22-8-2-4-9(5-3-8)29-16(19,20)21/h2-7,15H,1H3,(H,22,24). The maximum atomic E-state index is 12.4. The molecule has 8 nitrogen and oxygen atoms in total. The van der Waals surface area contributed by atoms with Gasteiger partial charge in [-0.3, -0.25) is 14.9 Å². The first kappa shape index (κ1) is 21.7. The zero-order chi connectivity index (χ0) is 21.8. The second kappa shape index (κ2) is 8.58. The number of nitro groups is 1. The van der Waals surface area contributed by atoms with Crippen LogP contribution in [0.5, 0.6) is 17.2 Å². The third-order valence-corrected chi connectivity index (χ3v) is 3.29. The van der Waals surface area contributed by atoms with Crippen molar-refractivity contribution in [1.29, 1.82) is 0 Å². The topological polar surface area (TPSA) is 99.9 Å². The molecule has 0 unspecified atom stereocenters. The van der Waals surface area contributed by atoms with Crippen molar-refractivity contribution < 1.29 is 45.9 Å². The normalized spacial score (nSPS) is 11.1. The van der Waals surface area contributed by atoms with Crippen LogP contribution in [0.1, 0.15) is 10.4 Å². The van der Waals surface area contributed by atoms with Crippen LogP contribution in [0, 0.1) is 10.1 Å². The summed E-state index contributed by atoms with van der Waals surface area (Å²) in [6.07, 6.45) is -4.90. The Morgan fingerprint density at radius 3 is 2.24 bits per heavy atom. The van der Waals surface area contributed by atoms with E-state index in [9.17, 15) is 36.9 Å². The summed E-state index contributed by atoms with van der Waals surface area (Å²) in [5, 5.41) is 13.4. The molecule has 0 saturated carbocycles. The maximum absolute atomic E-state index is 12.4. The van der Waals surface area contributed by atoms with E-state index in [1.807, 2.05) is 0 Å². The molecule has 0 aliphatic heterocycles. The van der Waals surface area contributed by atoms with Crippen LogP contribution in [0.25, 0.3) is 0 Å². The predicted octanol–water partition coefficient (Wildman–Crippen LogP) is 4.36. The van der Waals surface area contributed by atoms with E-state index < -0.39 is 46.6 Å². The van der Waals surface area contributed by atoms with Gasteiger partial charge in [-0.2, -0.15) is 8.78 Å². The fourth-order valence-corrected chi connectivity index (χ4v) is 2.17. The number of alkyl halides is 5. The van der Waals surface area contributed by atoms with E-state index in [1.54, 1.807) is 0 Å². The van der Waals surface area contributed by atoms with Gasteiger partial charge in [-0.1, -0.05) is 0 Å². The van der Waals surface area contributed by atoms with Crippen LogP contribution in [-0.2, 0) is 0 Å². The molecule has 0 radical (unpaired) electrons. The highest BCUT2D eigenvalue weighted by molar-refractivity contribution is 6.07. The smallest absolute Gasteiger partial charge is 0.493 e. The van der Waals surface area contributed by atoms with Gasteiger partial charge in [0, 0.05) is 11.8 Å². The Balaban J connectivity index is 2.30. The summed E-state index contributed by atoms with van der Waals surface area (Å²) in [6.45, 7) is -3.29. The number of methoxy groups -OCH3 is 1. The molecule has 0 fully saturated rings. The highest BCUT2D eigenvalue weighted by Gasteiger charge is 2.31. The number of rotatable bonds is 7. The Morgan fingerprint density at radius 1 is 1.14 bits per heavy atom. The lowest BCUT2D eigenvalue weighted by Crippen LogP contribution is -2.17. The number of nitrogens with one attached hydrogen (secondary N) is 1. The summed E-state index contributed by atoms with van der Waals surface area (Å²) in [7, 11) is 1.07. The summed E-state index contributed by atoms with van der Waals surface area (Å²) in [5.41, 5.74) is -1.41. The lowest BCUT2D eigenvalue weighted by Gasteiger charge is -2.13. The van der Waals surface area contributed by atoms with Gasteiger partial charge in [0.05, 0.1) is 18.1 Å². The van der Waals surface area contributed by atoms with E-state index in [1.165, 1.54) is 0 Å². The third-order valence-electron chi connectivity index (χ3n) is 3.29.